The molecule has 0 aliphatic carbocycles. The summed E-state index contributed by atoms with van der Waals surface area (Å²) >= 11 is 2.63. The predicted molar refractivity (Wildman–Crippen MR) is 89.5 cm³/mol. The van der Waals surface area contributed by atoms with Crippen molar-refractivity contribution in [3.05, 3.63) is 54.5 Å². The fourth-order valence-electron chi connectivity index (χ4n) is 2.07. The highest BCUT2D eigenvalue weighted by Crippen LogP contribution is 2.22. The Bertz CT molecular complexity index is 819. The molecule has 22 heavy (non-hydrogen) atoms. The summed E-state index contributed by atoms with van der Waals surface area (Å²) in [5.74, 6) is 0.528. The first-order valence-corrected chi connectivity index (χ1v) is 7.36. The summed E-state index contributed by atoms with van der Waals surface area (Å²) in [5.41, 5.74) is 10.3. The number of hydrogen-bond donors (Lipinski definition) is 2. The molecular formula is C16H14AlN5. The highest BCUT2D eigenvalue weighted by atomic mass is 27.0. The van der Waals surface area contributed by atoms with Crippen molar-refractivity contribution in [2.45, 2.75) is 6.92 Å². The van der Waals surface area contributed by atoms with E-state index in [0.717, 1.165) is 26.9 Å². The van der Waals surface area contributed by atoms with E-state index < -0.39 is 0 Å². The van der Waals surface area contributed by atoms with E-state index in [2.05, 4.69) is 36.6 Å². The molecule has 2 radical (unpaired) electrons. The number of aryl methyl sites for hydroxylation is 1. The number of hydrogen-bond acceptors (Lipinski definition) is 5. The lowest BCUT2D eigenvalue weighted by Gasteiger charge is -2.10. The largest absolute Gasteiger partial charge is 0.399 e. The Morgan fingerprint density at radius 2 is 2.00 bits per heavy atom. The van der Waals surface area contributed by atoms with Crippen molar-refractivity contribution < 1.29 is 0 Å². The molecule has 0 amide bonds. The van der Waals surface area contributed by atoms with Gasteiger partial charge in [-0.25, -0.2) is 9.97 Å². The number of aromatic nitrogens is 3. The van der Waals surface area contributed by atoms with Gasteiger partial charge in [0.2, 0.25) is 5.95 Å². The van der Waals surface area contributed by atoms with Gasteiger partial charge in [0.05, 0.1) is 5.69 Å². The molecule has 0 fully saturated rings. The van der Waals surface area contributed by atoms with Gasteiger partial charge in [0.25, 0.3) is 0 Å². The third-order valence-corrected chi connectivity index (χ3v) is 3.53. The smallest absolute Gasteiger partial charge is 0.227 e. The van der Waals surface area contributed by atoms with Gasteiger partial charge in [0.15, 0.2) is 16.3 Å². The predicted octanol–water partition coefficient (Wildman–Crippen LogP) is 1.97. The quantitative estimate of drug-likeness (QED) is 0.571. The molecule has 2 heterocycles. The number of nitrogens with zero attached hydrogens (tertiary/aromatic N) is 3. The summed E-state index contributed by atoms with van der Waals surface area (Å²) in [6.07, 6.45) is 5.29. The van der Waals surface area contributed by atoms with Crippen LogP contribution in [0.4, 0.5) is 17.3 Å². The molecule has 3 N–H and O–H groups in total. The van der Waals surface area contributed by atoms with Crippen LogP contribution in [-0.2, 0) is 0 Å². The molecule has 0 saturated heterocycles. The van der Waals surface area contributed by atoms with E-state index >= 15 is 0 Å². The summed E-state index contributed by atoms with van der Waals surface area (Å²) in [4.78, 5) is 13.0. The molecule has 3 rings (SSSR count). The van der Waals surface area contributed by atoms with Crippen molar-refractivity contribution >= 4 is 38.0 Å². The van der Waals surface area contributed by atoms with Crippen LogP contribution in [0.15, 0.2) is 48.9 Å². The van der Waals surface area contributed by atoms with Gasteiger partial charge >= 0.3 is 0 Å². The summed E-state index contributed by atoms with van der Waals surface area (Å²) in [7, 11) is 0. The lowest BCUT2D eigenvalue weighted by atomic mass is 10.2. The number of nitrogen functional groups attached to an aromatic ring is 1. The molecule has 0 unspecified atom stereocenters. The maximum absolute atomic E-state index is 5.83. The van der Waals surface area contributed by atoms with Crippen molar-refractivity contribution in [1.82, 2.24) is 15.0 Å². The number of rotatable bonds is 3. The second-order valence-electron chi connectivity index (χ2n) is 4.97. The third kappa shape index (κ3) is 3.25. The monoisotopic (exact) mass is 303 g/mol. The highest BCUT2D eigenvalue weighted by Gasteiger charge is 2.05. The first-order chi connectivity index (χ1) is 10.6. The van der Waals surface area contributed by atoms with Crippen molar-refractivity contribution in [3.63, 3.8) is 0 Å². The van der Waals surface area contributed by atoms with Crippen LogP contribution in [0.25, 0.3) is 11.3 Å². The molecule has 0 aliphatic heterocycles. The molecule has 106 valence electrons. The second kappa shape index (κ2) is 6.14. The molecular weight excluding hydrogens is 289 g/mol. The molecule has 0 spiro atoms. The van der Waals surface area contributed by atoms with E-state index in [9.17, 15) is 0 Å². The Kier molecular flexibility index (Phi) is 4.05. The van der Waals surface area contributed by atoms with Crippen LogP contribution in [-0.4, -0.2) is 31.2 Å². The van der Waals surface area contributed by atoms with Gasteiger partial charge in [-0.3, -0.25) is 4.98 Å². The fraction of sp³-hybridized carbons (Fsp3) is 0.0625. The Hall–Kier alpha value is -2.42. The molecule has 1 aromatic carbocycles. The molecule has 6 heteroatoms. The molecule has 0 saturated carbocycles. The van der Waals surface area contributed by atoms with Crippen molar-refractivity contribution in [2.75, 3.05) is 11.1 Å². The zero-order valence-electron chi connectivity index (χ0n) is 12.1. The Labute approximate surface area is 137 Å². The number of nitrogens with one attached hydrogen (secondary N) is 1. The fourth-order valence-corrected chi connectivity index (χ4v) is 2.34. The lowest BCUT2D eigenvalue weighted by Crippen LogP contribution is -2.04. The number of nitrogens with two attached hydrogens (primary N) is 1. The zero-order valence-corrected chi connectivity index (χ0v) is 13.3. The highest BCUT2D eigenvalue weighted by molar-refractivity contribution is 6.32. The summed E-state index contributed by atoms with van der Waals surface area (Å²) < 4.78 is 1.01. The van der Waals surface area contributed by atoms with Gasteiger partial charge in [-0.1, -0.05) is 12.1 Å². The minimum atomic E-state index is 0.528. The van der Waals surface area contributed by atoms with Gasteiger partial charge in [-0.2, -0.15) is 0 Å². The van der Waals surface area contributed by atoms with Crippen LogP contribution < -0.4 is 15.5 Å². The Balaban J connectivity index is 1.93. The van der Waals surface area contributed by atoms with E-state index in [0.29, 0.717) is 11.6 Å². The number of pyridine rings is 1. The van der Waals surface area contributed by atoms with Crippen molar-refractivity contribution in [3.8, 4) is 11.3 Å². The van der Waals surface area contributed by atoms with E-state index in [4.69, 9.17) is 5.73 Å². The van der Waals surface area contributed by atoms with Crippen LogP contribution in [0.1, 0.15) is 5.56 Å². The third-order valence-electron chi connectivity index (χ3n) is 3.22. The van der Waals surface area contributed by atoms with Crippen LogP contribution in [0.5, 0.6) is 0 Å². The first kappa shape index (κ1) is 14.5. The first-order valence-electron chi connectivity index (χ1n) is 6.79. The normalized spacial score (nSPS) is 10.4. The molecule has 0 atom stereocenters. The van der Waals surface area contributed by atoms with E-state index in [1.54, 1.807) is 18.6 Å². The molecule has 3 aromatic rings. The van der Waals surface area contributed by atoms with Gasteiger partial charge in [0, 0.05) is 35.5 Å². The number of anilines is 3. The van der Waals surface area contributed by atoms with Crippen LogP contribution in [0.3, 0.4) is 0 Å². The van der Waals surface area contributed by atoms with E-state index in [1.165, 1.54) is 0 Å². The van der Waals surface area contributed by atoms with Gasteiger partial charge < -0.3 is 11.1 Å². The Morgan fingerprint density at radius 3 is 2.82 bits per heavy atom. The molecule has 2 aromatic heterocycles. The molecule has 0 aliphatic rings. The van der Waals surface area contributed by atoms with Gasteiger partial charge in [-0.05, 0) is 30.7 Å². The van der Waals surface area contributed by atoms with E-state index in [-0.39, 0.29) is 0 Å². The summed E-state index contributed by atoms with van der Waals surface area (Å²) in [6.45, 7) is 2.01. The maximum Gasteiger partial charge on any atom is 0.227 e. The van der Waals surface area contributed by atoms with Gasteiger partial charge in [0.1, 0.15) is 0 Å². The van der Waals surface area contributed by atoms with E-state index in [1.807, 2.05) is 37.3 Å². The van der Waals surface area contributed by atoms with Crippen LogP contribution >= 0.6 is 0 Å². The maximum atomic E-state index is 5.83. The SMILES string of the molecule is Cc1ccc(N)cc1Nc1nccc(-c2cnc[c]([Al])c2)n1. The topological polar surface area (TPSA) is 76.7 Å². The standard InChI is InChI=1S/C16H14N5.Al/c1-11-4-5-13(17)9-15(11)21-16-19-8-6-14(20-16)12-3-2-7-18-10-12;/h3-10H,17H2,1H3,(H,19,20,21);. The summed E-state index contributed by atoms with van der Waals surface area (Å²) in [5, 5.41) is 3.21. The molecule has 0 bridgehead atoms. The molecule has 5 nitrogen and oxygen atoms in total. The lowest BCUT2D eigenvalue weighted by molar-refractivity contribution is 1.16. The zero-order chi connectivity index (χ0) is 15.5. The summed E-state index contributed by atoms with van der Waals surface area (Å²) in [6, 6.07) is 9.57. The second-order valence-corrected chi connectivity index (χ2v) is 5.64. The Morgan fingerprint density at radius 1 is 1.14 bits per heavy atom. The minimum Gasteiger partial charge on any atom is -0.399 e. The number of benzene rings is 1. The van der Waals surface area contributed by atoms with Crippen LogP contribution in [0.2, 0.25) is 0 Å². The van der Waals surface area contributed by atoms with Crippen LogP contribution in [0, 0.1) is 6.92 Å². The van der Waals surface area contributed by atoms with Crippen molar-refractivity contribution in [1.29, 1.82) is 0 Å². The average Bonchev–Trinajstić information content (AvgIpc) is 2.51. The van der Waals surface area contributed by atoms with Crippen molar-refractivity contribution in [2.24, 2.45) is 0 Å². The van der Waals surface area contributed by atoms with Gasteiger partial charge in [-0.15, -0.1) is 4.43 Å². The minimum absolute atomic E-state index is 0.528. The average molecular weight is 303 g/mol.